The molecule has 0 aromatic carbocycles. The van der Waals surface area contributed by atoms with E-state index >= 15 is 0 Å². The van der Waals surface area contributed by atoms with Crippen molar-refractivity contribution in [3.05, 3.63) is 27.9 Å². The number of fused-ring (bicyclic) bond motifs is 1. The SMILES string of the molecule is CCn1cnc2c(c1=O)CCN(S(=O)(=O)CC1CCCCC1)C2. The Kier molecular flexibility index (Phi) is 4.87. The number of aromatic nitrogens is 2. The average Bonchev–Trinajstić information content (AvgIpc) is 2.55. The zero-order valence-electron chi connectivity index (χ0n) is 13.7. The van der Waals surface area contributed by atoms with Crippen molar-refractivity contribution < 1.29 is 8.42 Å². The predicted octanol–water partition coefficient (Wildman–Crippen LogP) is 1.53. The monoisotopic (exact) mass is 339 g/mol. The van der Waals surface area contributed by atoms with Gasteiger partial charge in [0.25, 0.3) is 5.56 Å². The van der Waals surface area contributed by atoms with Crippen molar-refractivity contribution >= 4 is 10.0 Å². The molecule has 3 rings (SSSR count). The number of hydrogen-bond donors (Lipinski definition) is 0. The van der Waals surface area contributed by atoms with Gasteiger partial charge in [0.1, 0.15) is 0 Å². The van der Waals surface area contributed by atoms with Gasteiger partial charge < -0.3 is 0 Å². The largest absolute Gasteiger partial charge is 0.299 e. The molecule has 1 saturated carbocycles. The van der Waals surface area contributed by atoms with Crippen molar-refractivity contribution in [2.24, 2.45) is 5.92 Å². The zero-order valence-corrected chi connectivity index (χ0v) is 14.5. The first kappa shape index (κ1) is 16.6. The predicted molar refractivity (Wildman–Crippen MR) is 88.6 cm³/mol. The molecule has 128 valence electrons. The molecule has 0 unspecified atom stereocenters. The molecule has 1 aliphatic heterocycles. The lowest BCUT2D eigenvalue weighted by Crippen LogP contribution is -2.42. The van der Waals surface area contributed by atoms with Gasteiger partial charge in [-0.1, -0.05) is 19.3 Å². The lowest BCUT2D eigenvalue weighted by molar-refractivity contribution is 0.353. The maximum atomic E-state index is 12.7. The summed E-state index contributed by atoms with van der Waals surface area (Å²) in [4.78, 5) is 16.6. The Morgan fingerprint density at radius 1 is 1.26 bits per heavy atom. The van der Waals surface area contributed by atoms with Gasteiger partial charge in [-0.2, -0.15) is 4.31 Å². The van der Waals surface area contributed by atoms with E-state index in [1.165, 1.54) is 17.1 Å². The van der Waals surface area contributed by atoms with Gasteiger partial charge in [0.05, 0.1) is 24.3 Å². The van der Waals surface area contributed by atoms with E-state index in [0.717, 1.165) is 25.7 Å². The van der Waals surface area contributed by atoms with Crippen molar-refractivity contribution in [1.82, 2.24) is 13.9 Å². The Labute approximate surface area is 137 Å². The van der Waals surface area contributed by atoms with E-state index in [-0.39, 0.29) is 23.8 Å². The Morgan fingerprint density at radius 3 is 2.70 bits per heavy atom. The van der Waals surface area contributed by atoms with Crippen LogP contribution in [0.2, 0.25) is 0 Å². The molecule has 6 nitrogen and oxygen atoms in total. The van der Waals surface area contributed by atoms with Gasteiger partial charge in [-0.05, 0) is 32.1 Å². The molecule has 23 heavy (non-hydrogen) atoms. The molecule has 1 aromatic heterocycles. The highest BCUT2D eigenvalue weighted by molar-refractivity contribution is 7.89. The maximum Gasteiger partial charge on any atom is 0.256 e. The minimum Gasteiger partial charge on any atom is -0.299 e. The molecule has 0 saturated heterocycles. The van der Waals surface area contributed by atoms with E-state index in [9.17, 15) is 13.2 Å². The van der Waals surface area contributed by atoms with Crippen LogP contribution in [-0.2, 0) is 29.5 Å². The summed E-state index contributed by atoms with van der Waals surface area (Å²) in [5, 5.41) is 0. The highest BCUT2D eigenvalue weighted by Gasteiger charge is 2.31. The van der Waals surface area contributed by atoms with E-state index in [4.69, 9.17) is 0 Å². The first-order valence-electron chi connectivity index (χ1n) is 8.56. The molecule has 0 radical (unpaired) electrons. The summed E-state index contributed by atoms with van der Waals surface area (Å²) in [6.07, 6.45) is 7.53. The average molecular weight is 339 g/mol. The molecular formula is C16H25N3O3S. The lowest BCUT2D eigenvalue weighted by atomic mass is 9.91. The van der Waals surface area contributed by atoms with Crippen LogP contribution < -0.4 is 5.56 Å². The van der Waals surface area contributed by atoms with Crippen LogP contribution in [0.5, 0.6) is 0 Å². The molecule has 2 heterocycles. The van der Waals surface area contributed by atoms with Gasteiger partial charge in [-0.15, -0.1) is 0 Å². The summed E-state index contributed by atoms with van der Waals surface area (Å²) in [5.74, 6) is 0.533. The number of sulfonamides is 1. The third-order valence-corrected chi connectivity index (χ3v) is 7.05. The zero-order chi connectivity index (χ0) is 16.4. The van der Waals surface area contributed by atoms with Crippen molar-refractivity contribution in [2.75, 3.05) is 12.3 Å². The Bertz CT molecular complexity index is 721. The molecule has 0 bridgehead atoms. The maximum absolute atomic E-state index is 12.7. The van der Waals surface area contributed by atoms with Gasteiger partial charge in [-0.3, -0.25) is 9.36 Å². The van der Waals surface area contributed by atoms with Crippen molar-refractivity contribution in [3.8, 4) is 0 Å². The number of aryl methyl sites for hydroxylation is 1. The topological polar surface area (TPSA) is 72.3 Å². The third kappa shape index (κ3) is 3.50. The van der Waals surface area contributed by atoms with Gasteiger partial charge in [0, 0.05) is 18.7 Å². The summed E-state index contributed by atoms with van der Waals surface area (Å²) in [6.45, 7) is 3.12. The summed E-state index contributed by atoms with van der Waals surface area (Å²) >= 11 is 0. The standard InChI is InChI=1S/C16H25N3O3S/c1-2-18-12-17-15-10-19(9-8-14(15)16(18)20)23(21,22)11-13-6-4-3-5-7-13/h12-13H,2-11H2,1H3. The van der Waals surface area contributed by atoms with Crippen molar-refractivity contribution in [2.45, 2.75) is 58.5 Å². The molecule has 0 N–H and O–H groups in total. The first-order chi connectivity index (χ1) is 11.0. The normalized spacial score (nSPS) is 20.4. The molecule has 0 atom stereocenters. The highest BCUT2D eigenvalue weighted by atomic mass is 32.2. The smallest absolute Gasteiger partial charge is 0.256 e. The van der Waals surface area contributed by atoms with E-state index in [1.807, 2.05) is 6.92 Å². The van der Waals surface area contributed by atoms with Crippen LogP contribution >= 0.6 is 0 Å². The highest BCUT2D eigenvalue weighted by Crippen LogP contribution is 2.27. The van der Waals surface area contributed by atoms with Crippen LogP contribution in [0.25, 0.3) is 0 Å². The summed E-state index contributed by atoms with van der Waals surface area (Å²) < 4.78 is 28.5. The molecule has 2 aliphatic rings. The number of nitrogens with zero attached hydrogens (tertiary/aromatic N) is 3. The Morgan fingerprint density at radius 2 is 2.00 bits per heavy atom. The quantitative estimate of drug-likeness (QED) is 0.834. The van der Waals surface area contributed by atoms with Crippen LogP contribution in [0, 0.1) is 5.92 Å². The Balaban J connectivity index is 1.76. The molecule has 1 aromatic rings. The number of rotatable bonds is 4. The first-order valence-corrected chi connectivity index (χ1v) is 10.2. The second-order valence-corrected chi connectivity index (χ2v) is 8.64. The fourth-order valence-corrected chi connectivity index (χ4v) is 5.48. The molecule has 0 amide bonds. The minimum absolute atomic E-state index is 0.0261. The van der Waals surface area contributed by atoms with Crippen LogP contribution in [0.15, 0.2) is 11.1 Å². The van der Waals surface area contributed by atoms with Crippen molar-refractivity contribution in [1.29, 1.82) is 0 Å². The van der Waals surface area contributed by atoms with Crippen LogP contribution in [-0.4, -0.2) is 34.6 Å². The molecule has 7 heteroatoms. The third-order valence-electron chi connectivity index (χ3n) is 5.06. The van der Waals surface area contributed by atoms with E-state index in [0.29, 0.717) is 30.8 Å². The second-order valence-electron chi connectivity index (χ2n) is 6.63. The molecular weight excluding hydrogens is 314 g/mol. The summed E-state index contributed by atoms with van der Waals surface area (Å²) in [6, 6.07) is 0. The fraction of sp³-hybridized carbons (Fsp3) is 0.750. The molecule has 1 aliphatic carbocycles. The minimum atomic E-state index is -3.27. The van der Waals surface area contributed by atoms with Crippen LogP contribution in [0.3, 0.4) is 0 Å². The molecule has 0 spiro atoms. The van der Waals surface area contributed by atoms with Gasteiger partial charge in [0.15, 0.2) is 0 Å². The second kappa shape index (κ2) is 6.73. The van der Waals surface area contributed by atoms with Crippen LogP contribution in [0.4, 0.5) is 0 Å². The fourth-order valence-electron chi connectivity index (χ4n) is 3.66. The van der Waals surface area contributed by atoms with Gasteiger partial charge in [-0.25, -0.2) is 13.4 Å². The van der Waals surface area contributed by atoms with E-state index < -0.39 is 10.0 Å². The van der Waals surface area contributed by atoms with E-state index in [2.05, 4.69) is 4.98 Å². The van der Waals surface area contributed by atoms with E-state index in [1.54, 1.807) is 4.57 Å². The van der Waals surface area contributed by atoms with Gasteiger partial charge in [0.2, 0.25) is 10.0 Å². The summed E-state index contributed by atoms with van der Waals surface area (Å²) in [5.41, 5.74) is 1.28. The summed E-state index contributed by atoms with van der Waals surface area (Å²) in [7, 11) is -3.27. The van der Waals surface area contributed by atoms with Crippen LogP contribution in [0.1, 0.15) is 50.3 Å². The lowest BCUT2D eigenvalue weighted by Gasteiger charge is -2.30. The Hall–Kier alpha value is -1.21. The van der Waals surface area contributed by atoms with Gasteiger partial charge >= 0.3 is 0 Å². The number of hydrogen-bond acceptors (Lipinski definition) is 4. The van der Waals surface area contributed by atoms with Crippen molar-refractivity contribution in [3.63, 3.8) is 0 Å². The molecule has 1 fully saturated rings.